The van der Waals surface area contributed by atoms with Crippen molar-refractivity contribution in [2.24, 2.45) is 0 Å². The summed E-state index contributed by atoms with van der Waals surface area (Å²) in [5.41, 5.74) is 0.623. The number of hydrogen-bond donors (Lipinski definition) is 0. The quantitative estimate of drug-likeness (QED) is 0.696. The van der Waals surface area contributed by atoms with Gasteiger partial charge in [0.25, 0.3) is 0 Å². The Morgan fingerprint density at radius 2 is 2.12 bits per heavy atom. The minimum atomic E-state index is -0.786. The van der Waals surface area contributed by atoms with E-state index in [2.05, 4.69) is 9.83 Å². The zero-order chi connectivity index (χ0) is 12.3. The molecule has 4 heteroatoms. The molecule has 3 nitrogen and oxygen atoms in total. The Labute approximate surface area is 97.6 Å². The molecule has 0 amide bonds. The molecule has 0 radical (unpaired) electrons. The van der Waals surface area contributed by atoms with E-state index in [0.29, 0.717) is 11.3 Å². The van der Waals surface area contributed by atoms with Gasteiger partial charge in [-0.1, -0.05) is 12.1 Å². The fourth-order valence-corrected chi connectivity index (χ4v) is 1.49. The lowest BCUT2D eigenvalue weighted by molar-refractivity contribution is 0.630. The topological polar surface area (TPSA) is 41.0 Å². The Kier molecular flexibility index (Phi) is 2.81. The Hall–Kier alpha value is -2.72. The first-order valence-electron chi connectivity index (χ1n) is 4.79. The molecule has 0 saturated carbocycles. The molecule has 2 aromatic rings. The molecule has 0 aliphatic carbocycles. The minimum absolute atomic E-state index is 0.129. The van der Waals surface area contributed by atoms with E-state index in [0.717, 1.165) is 0 Å². The van der Waals surface area contributed by atoms with Crippen LogP contribution in [0.5, 0.6) is 0 Å². The first-order chi connectivity index (χ1) is 8.27. The van der Waals surface area contributed by atoms with Gasteiger partial charge in [0.2, 0.25) is 5.69 Å². The molecule has 0 spiro atoms. The summed E-state index contributed by atoms with van der Waals surface area (Å²) in [7, 11) is 0. The summed E-state index contributed by atoms with van der Waals surface area (Å²) in [5, 5.41) is 8.69. The predicted molar refractivity (Wildman–Crippen MR) is 60.6 cm³/mol. The van der Waals surface area contributed by atoms with Crippen molar-refractivity contribution in [3.8, 4) is 17.3 Å². The number of nitrogens with zero attached hydrogens (tertiary/aromatic N) is 3. The number of hydrogen-bond acceptors (Lipinski definition) is 2. The second-order valence-corrected chi connectivity index (χ2v) is 3.26. The Morgan fingerprint density at radius 1 is 1.29 bits per heavy atom. The molecule has 0 unspecified atom stereocenters. The van der Waals surface area contributed by atoms with Gasteiger partial charge in [-0.2, -0.15) is 5.26 Å². The molecular weight excluding hydrogens is 217 g/mol. The van der Waals surface area contributed by atoms with E-state index >= 15 is 0 Å². The van der Waals surface area contributed by atoms with Crippen LogP contribution in [-0.2, 0) is 0 Å². The molecule has 1 heterocycles. The highest BCUT2D eigenvalue weighted by Crippen LogP contribution is 2.33. The van der Waals surface area contributed by atoms with E-state index in [4.69, 9.17) is 11.8 Å². The summed E-state index contributed by atoms with van der Waals surface area (Å²) in [6.07, 6.45) is 1.57. The fraction of sp³-hybridized carbons (Fsp3) is 0. The van der Waals surface area contributed by atoms with Crippen molar-refractivity contribution in [1.29, 1.82) is 5.26 Å². The third-order valence-electron chi connectivity index (χ3n) is 2.29. The van der Waals surface area contributed by atoms with Crippen LogP contribution in [-0.4, -0.2) is 4.98 Å². The van der Waals surface area contributed by atoms with Gasteiger partial charge < -0.3 is 0 Å². The smallest absolute Gasteiger partial charge is 0.232 e. The zero-order valence-corrected chi connectivity index (χ0v) is 8.68. The monoisotopic (exact) mass is 223 g/mol. The van der Waals surface area contributed by atoms with Crippen molar-refractivity contribution in [2.75, 3.05) is 0 Å². The van der Waals surface area contributed by atoms with E-state index in [1.807, 2.05) is 0 Å². The number of rotatable bonds is 1. The van der Waals surface area contributed by atoms with Crippen molar-refractivity contribution in [2.45, 2.75) is 0 Å². The molecule has 1 aromatic carbocycles. The van der Waals surface area contributed by atoms with E-state index in [9.17, 15) is 4.39 Å². The van der Waals surface area contributed by atoms with Gasteiger partial charge in [-0.3, -0.25) is 4.98 Å². The lowest BCUT2D eigenvalue weighted by Gasteiger charge is -2.05. The molecule has 80 valence electrons. The van der Waals surface area contributed by atoms with Crippen LogP contribution in [0, 0.1) is 23.7 Å². The van der Waals surface area contributed by atoms with Gasteiger partial charge in [-0.15, -0.1) is 0 Å². The molecule has 0 N–H and O–H groups in total. The number of benzene rings is 1. The van der Waals surface area contributed by atoms with Crippen LogP contribution in [0.3, 0.4) is 0 Å². The number of aromatic nitrogens is 1. The Morgan fingerprint density at radius 3 is 2.71 bits per heavy atom. The number of nitriles is 1. The normalized spacial score (nSPS) is 9.35. The Balaban J connectivity index is 2.70. The predicted octanol–water partition coefficient (Wildman–Crippen LogP) is 3.31. The van der Waals surface area contributed by atoms with Gasteiger partial charge in [0.1, 0.15) is 11.9 Å². The Bertz CT molecular complexity index is 636. The highest BCUT2D eigenvalue weighted by Gasteiger charge is 2.15. The first kappa shape index (κ1) is 10.8. The SMILES string of the molecule is [C-]#[N+]c1c(-c2ccccn2)ccc(C#N)c1F. The zero-order valence-electron chi connectivity index (χ0n) is 8.68. The molecule has 17 heavy (non-hydrogen) atoms. The molecule has 0 saturated heterocycles. The summed E-state index contributed by atoms with van der Waals surface area (Å²) in [4.78, 5) is 7.20. The summed E-state index contributed by atoms with van der Waals surface area (Å²) in [6.45, 7) is 6.99. The van der Waals surface area contributed by atoms with Crippen molar-refractivity contribution < 1.29 is 4.39 Å². The number of pyridine rings is 1. The fourth-order valence-electron chi connectivity index (χ4n) is 1.49. The van der Waals surface area contributed by atoms with Crippen LogP contribution >= 0.6 is 0 Å². The molecule has 2 rings (SSSR count). The molecule has 0 aliphatic heterocycles. The van der Waals surface area contributed by atoms with Gasteiger partial charge in [-0.05, 0) is 18.2 Å². The average Bonchev–Trinajstić information content (AvgIpc) is 2.39. The number of halogens is 1. The van der Waals surface area contributed by atoms with Crippen LogP contribution in [0.25, 0.3) is 16.1 Å². The van der Waals surface area contributed by atoms with Crippen molar-refractivity contribution >= 4 is 5.69 Å². The summed E-state index contributed by atoms with van der Waals surface area (Å²) in [5.74, 6) is -0.786. The van der Waals surface area contributed by atoms with Crippen LogP contribution < -0.4 is 0 Å². The maximum absolute atomic E-state index is 13.8. The highest BCUT2D eigenvalue weighted by molar-refractivity contribution is 5.78. The average molecular weight is 223 g/mol. The first-order valence-corrected chi connectivity index (χ1v) is 4.79. The second-order valence-electron chi connectivity index (χ2n) is 3.26. The third-order valence-corrected chi connectivity index (χ3v) is 2.29. The van der Waals surface area contributed by atoms with E-state index in [1.165, 1.54) is 12.1 Å². The van der Waals surface area contributed by atoms with Crippen LogP contribution in [0.15, 0.2) is 36.5 Å². The summed E-state index contributed by atoms with van der Waals surface area (Å²) >= 11 is 0. The van der Waals surface area contributed by atoms with Gasteiger partial charge in [0.05, 0.1) is 17.8 Å². The van der Waals surface area contributed by atoms with Crippen molar-refractivity contribution in [1.82, 2.24) is 4.98 Å². The lowest BCUT2D eigenvalue weighted by atomic mass is 10.1. The largest absolute Gasteiger partial charge is 0.258 e. The molecule has 1 aromatic heterocycles. The van der Waals surface area contributed by atoms with Crippen LogP contribution in [0.1, 0.15) is 5.56 Å². The molecule has 0 fully saturated rings. The summed E-state index contributed by atoms with van der Waals surface area (Å²) in [6, 6.07) is 9.79. The van der Waals surface area contributed by atoms with Gasteiger partial charge in [0, 0.05) is 11.8 Å². The van der Waals surface area contributed by atoms with E-state index < -0.39 is 5.82 Å². The second kappa shape index (κ2) is 4.42. The van der Waals surface area contributed by atoms with Gasteiger partial charge in [0.15, 0.2) is 0 Å². The standard InChI is InChI=1S/C13H6FN3/c1-16-13-10(11-4-2-3-7-17-11)6-5-9(8-15)12(13)14/h2-7H. The van der Waals surface area contributed by atoms with Gasteiger partial charge >= 0.3 is 0 Å². The van der Waals surface area contributed by atoms with Crippen LogP contribution in [0.4, 0.5) is 10.1 Å². The maximum atomic E-state index is 13.8. The summed E-state index contributed by atoms with van der Waals surface area (Å²) < 4.78 is 13.8. The lowest BCUT2D eigenvalue weighted by Crippen LogP contribution is -1.89. The maximum Gasteiger partial charge on any atom is 0.232 e. The minimum Gasteiger partial charge on any atom is -0.258 e. The molecule has 0 atom stereocenters. The third kappa shape index (κ3) is 1.84. The van der Waals surface area contributed by atoms with Crippen LogP contribution in [0.2, 0.25) is 0 Å². The van der Waals surface area contributed by atoms with Crippen molar-refractivity contribution in [3.63, 3.8) is 0 Å². The van der Waals surface area contributed by atoms with E-state index in [1.54, 1.807) is 30.5 Å². The molecule has 0 aliphatic rings. The molecular formula is C13H6FN3. The molecule has 0 bridgehead atoms. The van der Waals surface area contributed by atoms with E-state index in [-0.39, 0.29) is 11.3 Å². The van der Waals surface area contributed by atoms with Gasteiger partial charge in [-0.25, -0.2) is 9.24 Å². The van der Waals surface area contributed by atoms with Crippen molar-refractivity contribution in [3.05, 3.63) is 59.3 Å². The highest BCUT2D eigenvalue weighted by atomic mass is 19.1.